The molecule has 34 heavy (non-hydrogen) atoms. The lowest BCUT2D eigenvalue weighted by Gasteiger charge is -2.19. The molecule has 1 heterocycles. The number of nitrogens with zero attached hydrogens (tertiary/aromatic N) is 1. The Balaban J connectivity index is 0.000000343. The summed E-state index contributed by atoms with van der Waals surface area (Å²) in [6.45, 7) is 4.63. The number of carbonyl (C=O) groups excluding carboxylic acids is 1. The van der Waals surface area contributed by atoms with Crippen LogP contribution in [0.25, 0.3) is 0 Å². The Labute approximate surface area is 205 Å². The van der Waals surface area contributed by atoms with Crippen molar-refractivity contribution >= 4 is 40.3 Å². The standard InChI is InChI=1S/C17H21N3O4.C6H6ClN.C2H6/c1-23-15-6-12(20-7-13(18)16(19)17(20)22)4-5-14(15)24-9-11(8-21)10-2-3-10;7-5-1-3-6(8)4-2-5;1-2/h4-6,10-11,18-19,21H,2-3,7-9H2,1H3;1-4H,8H2;1-2H3. The van der Waals surface area contributed by atoms with Gasteiger partial charge in [-0.05, 0) is 55.2 Å². The summed E-state index contributed by atoms with van der Waals surface area (Å²) in [5.74, 6) is 1.23. The second-order valence-electron chi connectivity index (χ2n) is 7.72. The van der Waals surface area contributed by atoms with Gasteiger partial charge in [0.25, 0.3) is 5.91 Å². The number of anilines is 2. The molecule has 0 radical (unpaired) electrons. The van der Waals surface area contributed by atoms with Gasteiger partial charge in [0.15, 0.2) is 11.5 Å². The summed E-state index contributed by atoms with van der Waals surface area (Å²) < 4.78 is 11.1. The van der Waals surface area contributed by atoms with Gasteiger partial charge < -0.3 is 30.6 Å². The summed E-state index contributed by atoms with van der Waals surface area (Å²) in [5.41, 5.74) is 6.41. The van der Waals surface area contributed by atoms with Gasteiger partial charge in [-0.2, -0.15) is 0 Å². The molecule has 1 aliphatic heterocycles. The summed E-state index contributed by atoms with van der Waals surface area (Å²) in [5, 5.41) is 25.3. The average molecular weight is 489 g/mol. The molecule has 184 valence electrons. The van der Waals surface area contributed by atoms with Crippen LogP contribution in [-0.2, 0) is 4.79 Å². The molecule has 2 aromatic carbocycles. The van der Waals surface area contributed by atoms with Gasteiger partial charge in [-0.25, -0.2) is 0 Å². The Bertz CT molecular complexity index is 972. The molecule has 1 atom stereocenters. The Morgan fingerprint density at radius 2 is 1.79 bits per heavy atom. The molecule has 1 saturated carbocycles. The van der Waals surface area contributed by atoms with E-state index < -0.39 is 5.91 Å². The number of hydrogen-bond acceptors (Lipinski definition) is 7. The second kappa shape index (κ2) is 13.0. The van der Waals surface area contributed by atoms with E-state index in [1.54, 1.807) is 42.5 Å². The summed E-state index contributed by atoms with van der Waals surface area (Å²) in [6.07, 6.45) is 2.28. The topological polar surface area (TPSA) is 133 Å². The summed E-state index contributed by atoms with van der Waals surface area (Å²) in [6, 6.07) is 12.2. The monoisotopic (exact) mass is 488 g/mol. The zero-order chi connectivity index (χ0) is 25.3. The van der Waals surface area contributed by atoms with Crippen LogP contribution in [0.3, 0.4) is 0 Å². The van der Waals surface area contributed by atoms with Gasteiger partial charge in [0.2, 0.25) is 0 Å². The van der Waals surface area contributed by atoms with Crippen molar-refractivity contribution in [3.63, 3.8) is 0 Å². The number of nitrogens with one attached hydrogen (secondary N) is 2. The van der Waals surface area contributed by atoms with Gasteiger partial charge in [-0.1, -0.05) is 25.4 Å². The van der Waals surface area contributed by atoms with E-state index in [9.17, 15) is 9.90 Å². The van der Waals surface area contributed by atoms with Crippen LogP contribution in [0.15, 0.2) is 42.5 Å². The molecule has 5 N–H and O–H groups in total. The number of methoxy groups -OCH3 is 1. The molecule has 2 aliphatic rings. The smallest absolute Gasteiger partial charge is 0.278 e. The van der Waals surface area contributed by atoms with E-state index in [1.807, 2.05) is 13.8 Å². The molecule has 0 aromatic heterocycles. The highest BCUT2D eigenvalue weighted by atomic mass is 35.5. The predicted octanol–water partition coefficient (Wildman–Crippen LogP) is 4.43. The fraction of sp³-hybridized carbons (Fsp3) is 0.400. The van der Waals surface area contributed by atoms with E-state index >= 15 is 0 Å². The van der Waals surface area contributed by atoms with Crippen molar-refractivity contribution in [2.75, 3.05) is 37.5 Å². The number of hydrogen-bond donors (Lipinski definition) is 4. The number of amides is 1. The van der Waals surface area contributed by atoms with E-state index in [1.165, 1.54) is 12.0 Å². The number of ether oxygens (including phenoxy) is 2. The number of halogens is 1. The van der Waals surface area contributed by atoms with Crippen LogP contribution >= 0.6 is 11.6 Å². The van der Waals surface area contributed by atoms with Gasteiger partial charge in [-0.3, -0.25) is 10.2 Å². The fourth-order valence-electron chi connectivity index (χ4n) is 3.29. The Morgan fingerprint density at radius 1 is 1.15 bits per heavy atom. The summed E-state index contributed by atoms with van der Waals surface area (Å²) in [7, 11) is 1.52. The lowest BCUT2D eigenvalue weighted by Crippen LogP contribution is -2.26. The molecule has 0 spiro atoms. The fourth-order valence-corrected chi connectivity index (χ4v) is 3.42. The molecule has 9 heteroatoms. The average Bonchev–Trinajstić information content (AvgIpc) is 3.67. The van der Waals surface area contributed by atoms with Gasteiger partial charge >= 0.3 is 0 Å². The molecule has 2 fully saturated rings. The minimum atomic E-state index is -0.482. The summed E-state index contributed by atoms with van der Waals surface area (Å²) >= 11 is 5.56. The second-order valence-corrected chi connectivity index (χ2v) is 8.16. The molecule has 1 amide bonds. The zero-order valence-electron chi connectivity index (χ0n) is 19.8. The molecule has 8 nitrogen and oxygen atoms in total. The summed E-state index contributed by atoms with van der Waals surface area (Å²) in [4.78, 5) is 13.4. The first-order valence-electron chi connectivity index (χ1n) is 11.2. The Morgan fingerprint density at radius 3 is 2.26 bits per heavy atom. The first-order valence-corrected chi connectivity index (χ1v) is 11.6. The van der Waals surface area contributed by atoms with Crippen LogP contribution in [0.2, 0.25) is 5.02 Å². The first kappa shape index (κ1) is 27.1. The molecule has 0 bridgehead atoms. The van der Waals surface area contributed by atoms with Crippen molar-refractivity contribution in [2.45, 2.75) is 26.7 Å². The van der Waals surface area contributed by atoms with Crippen molar-refractivity contribution in [3.8, 4) is 11.5 Å². The van der Waals surface area contributed by atoms with Crippen LogP contribution in [0.4, 0.5) is 11.4 Å². The van der Waals surface area contributed by atoms with Crippen molar-refractivity contribution in [1.82, 2.24) is 0 Å². The van der Waals surface area contributed by atoms with E-state index in [0.29, 0.717) is 29.7 Å². The Hall–Kier alpha value is -3.10. The van der Waals surface area contributed by atoms with Gasteiger partial charge in [-0.15, -0.1) is 0 Å². The largest absolute Gasteiger partial charge is 0.493 e. The van der Waals surface area contributed by atoms with E-state index in [-0.39, 0.29) is 30.5 Å². The van der Waals surface area contributed by atoms with E-state index in [4.69, 9.17) is 37.6 Å². The highest BCUT2D eigenvalue weighted by molar-refractivity contribution is 6.72. The maximum absolute atomic E-state index is 12.0. The molecule has 2 aromatic rings. The van der Waals surface area contributed by atoms with Crippen LogP contribution in [0.5, 0.6) is 11.5 Å². The van der Waals surface area contributed by atoms with Crippen molar-refractivity contribution in [2.24, 2.45) is 11.8 Å². The van der Waals surface area contributed by atoms with Crippen LogP contribution in [-0.4, -0.2) is 49.3 Å². The lowest BCUT2D eigenvalue weighted by atomic mass is 10.1. The number of benzene rings is 2. The minimum absolute atomic E-state index is 0.00881. The first-order chi connectivity index (χ1) is 16.3. The van der Waals surface area contributed by atoms with Crippen molar-refractivity contribution < 1.29 is 19.4 Å². The molecular weight excluding hydrogens is 456 g/mol. The number of nitrogens with two attached hydrogens (primary N) is 1. The molecule has 1 saturated heterocycles. The maximum Gasteiger partial charge on any atom is 0.278 e. The third kappa shape index (κ3) is 7.20. The highest BCUT2D eigenvalue weighted by Crippen LogP contribution is 2.38. The number of rotatable bonds is 7. The Kier molecular flexibility index (Phi) is 10.3. The molecular formula is C25H33ClN4O4. The SMILES string of the molecule is CC.COc1cc(N2CC(=N)C(=N)C2=O)ccc1OCC(CO)C1CC1.Nc1ccc(Cl)cc1. The third-order valence-electron chi connectivity index (χ3n) is 5.38. The van der Waals surface area contributed by atoms with Gasteiger partial charge in [0, 0.05) is 35.0 Å². The quantitative estimate of drug-likeness (QED) is 0.428. The minimum Gasteiger partial charge on any atom is -0.493 e. The van der Waals surface area contributed by atoms with Gasteiger partial charge in [0.05, 0.1) is 26.0 Å². The van der Waals surface area contributed by atoms with Crippen LogP contribution in [0.1, 0.15) is 26.7 Å². The van der Waals surface area contributed by atoms with Crippen molar-refractivity contribution in [3.05, 3.63) is 47.5 Å². The van der Waals surface area contributed by atoms with E-state index in [2.05, 4.69) is 0 Å². The number of aliphatic hydroxyl groups excluding tert-OH is 1. The maximum atomic E-state index is 12.0. The number of aliphatic hydroxyl groups is 1. The predicted molar refractivity (Wildman–Crippen MR) is 137 cm³/mol. The molecule has 1 aliphatic carbocycles. The van der Waals surface area contributed by atoms with Crippen LogP contribution < -0.4 is 20.1 Å². The lowest BCUT2D eigenvalue weighted by molar-refractivity contribution is -0.111. The number of carbonyl (C=O) groups is 1. The third-order valence-corrected chi connectivity index (χ3v) is 5.63. The van der Waals surface area contributed by atoms with E-state index in [0.717, 1.165) is 23.6 Å². The molecule has 1 unspecified atom stereocenters. The van der Waals surface area contributed by atoms with Crippen molar-refractivity contribution in [1.29, 1.82) is 10.8 Å². The number of nitrogen functional groups attached to an aromatic ring is 1. The van der Waals surface area contributed by atoms with Gasteiger partial charge in [0.1, 0.15) is 5.71 Å². The normalized spacial score (nSPS) is 15.7. The molecule has 4 rings (SSSR count). The zero-order valence-corrected chi connectivity index (χ0v) is 20.6. The van der Waals surface area contributed by atoms with Crippen LogP contribution in [0, 0.1) is 22.7 Å². The highest BCUT2D eigenvalue weighted by Gasteiger charge is 2.33.